The van der Waals surface area contributed by atoms with E-state index < -0.39 is 0 Å². The van der Waals surface area contributed by atoms with E-state index in [0.29, 0.717) is 34.9 Å². The van der Waals surface area contributed by atoms with Crippen LogP contribution in [0.25, 0.3) is 222 Å². The fraction of sp³-hybridized carbons (Fsp3) is 0. The van der Waals surface area contributed by atoms with Crippen molar-refractivity contribution in [1.82, 2.24) is 48.2 Å². The highest BCUT2D eigenvalue weighted by atomic mass is 15.1. The second-order valence-corrected chi connectivity index (χ2v) is 30.5. The van der Waals surface area contributed by atoms with E-state index in [2.05, 4.69) is 352 Å². The summed E-state index contributed by atoms with van der Waals surface area (Å²) in [5.41, 5.74) is 24.3. The highest BCUT2D eigenvalue weighted by Gasteiger charge is 2.23. The molecule has 18 aromatic carbocycles. The van der Waals surface area contributed by atoms with Crippen molar-refractivity contribution < 1.29 is 0 Å². The molecule has 10 nitrogen and oxygen atoms in total. The zero-order valence-electron chi connectivity index (χ0n) is 64.9. The fourth-order valence-electron chi connectivity index (χ4n) is 17.8. The molecule has 0 atom stereocenters. The van der Waals surface area contributed by atoms with Gasteiger partial charge in [-0.15, -0.1) is 0 Å². The van der Waals surface area contributed by atoms with Gasteiger partial charge in [-0.1, -0.05) is 279 Å². The Kier molecular flexibility index (Phi) is 16.7. The number of nitrogens with zero attached hydrogens (tertiary/aromatic N) is 10. The lowest BCUT2D eigenvalue weighted by atomic mass is 10.0. The first kappa shape index (κ1) is 69.2. The minimum Gasteiger partial charge on any atom is -0.309 e. The number of aromatic nitrogens is 10. The van der Waals surface area contributed by atoms with Crippen LogP contribution in [0.15, 0.2) is 425 Å². The minimum absolute atomic E-state index is 0.634. The maximum Gasteiger partial charge on any atom is 0.164 e. The molecular weight excluding hydrogens is 1460 g/mol. The van der Waals surface area contributed by atoms with Crippen LogP contribution in [-0.2, 0) is 0 Å². The monoisotopic (exact) mass is 1530 g/mol. The van der Waals surface area contributed by atoms with Gasteiger partial charge in [0.1, 0.15) is 0 Å². The molecule has 0 radical (unpaired) electrons. The van der Waals surface area contributed by atoms with Crippen LogP contribution in [0.2, 0.25) is 0 Å². The molecule has 0 unspecified atom stereocenters. The number of hydrogen-bond donors (Lipinski definition) is 0. The smallest absolute Gasteiger partial charge is 0.164 e. The number of rotatable bonds is 12. The standard InChI is InChI=1S/2C55H35N5/c1-3-15-37(16-4-1)53-56-54(38-17-5-2-6-18-38)58-55(57-53)39-26-30-42(31-27-39)59-49-23-11-9-21-44(49)46-34-40(28-32-51(46)59)41-29-33-52-47(35-41)45-22-10-12-24-50(45)60(52)48-25-13-19-36-14-7-8-20-43(36)48;1-3-14-37(15-4-1)53-56-54(58-55(57-53)42-24-23-36-13-7-8-16-39(36)33-42)38-25-29-44(30-26-38)60-50-22-12-10-20-46(50)48-35-41(28-32-52(48)60)40-27-31-51-47(34-40)45-19-9-11-21-49(45)59(51)43-17-5-2-6-18-43/h2*1-35H. The number of hydrogen-bond acceptors (Lipinski definition) is 6. The summed E-state index contributed by atoms with van der Waals surface area (Å²) < 4.78 is 9.50. The van der Waals surface area contributed by atoms with E-state index >= 15 is 0 Å². The molecule has 6 aromatic heterocycles. The average Bonchev–Trinajstić information content (AvgIpc) is 1.59. The Bertz CT molecular complexity index is 8070. The maximum absolute atomic E-state index is 5.06. The average molecular weight is 1530 g/mol. The lowest BCUT2D eigenvalue weighted by Gasteiger charge is -2.12. The van der Waals surface area contributed by atoms with Crippen molar-refractivity contribution in [1.29, 1.82) is 0 Å². The summed E-state index contributed by atoms with van der Waals surface area (Å²) in [7, 11) is 0. The van der Waals surface area contributed by atoms with Crippen molar-refractivity contribution in [2.24, 2.45) is 0 Å². The van der Waals surface area contributed by atoms with Gasteiger partial charge in [0.25, 0.3) is 0 Å². The Morgan fingerprint density at radius 3 is 0.783 bits per heavy atom. The summed E-state index contributed by atoms with van der Waals surface area (Å²) in [5.74, 6) is 3.86. The quantitative estimate of drug-likeness (QED) is 0.121. The molecule has 6 heterocycles. The highest BCUT2D eigenvalue weighted by Crippen LogP contribution is 2.43. The molecule has 0 aliphatic rings. The predicted octanol–water partition coefficient (Wildman–Crippen LogP) is 27.8. The molecule has 24 aromatic rings. The molecule has 0 N–H and O–H groups in total. The van der Waals surface area contributed by atoms with Crippen molar-refractivity contribution in [3.63, 3.8) is 0 Å². The topological polar surface area (TPSA) is 97.1 Å². The molecule has 0 amide bonds. The normalized spacial score (nSPS) is 11.7. The van der Waals surface area contributed by atoms with Crippen molar-refractivity contribution in [3.05, 3.63) is 425 Å². The maximum atomic E-state index is 5.06. The van der Waals surface area contributed by atoms with Gasteiger partial charge in [0.05, 0.1) is 49.8 Å². The Labute approximate surface area is 690 Å². The van der Waals surface area contributed by atoms with Gasteiger partial charge in [0.2, 0.25) is 0 Å². The van der Waals surface area contributed by atoms with Gasteiger partial charge < -0.3 is 18.3 Å². The fourth-order valence-corrected chi connectivity index (χ4v) is 17.8. The lowest BCUT2D eigenvalue weighted by molar-refractivity contribution is 1.07. The van der Waals surface area contributed by atoms with Crippen LogP contribution in [0, 0.1) is 0 Å². The molecular formula is C110H70N10. The van der Waals surface area contributed by atoms with Crippen molar-refractivity contribution >= 4 is 109 Å². The molecule has 120 heavy (non-hydrogen) atoms. The largest absolute Gasteiger partial charge is 0.309 e. The second kappa shape index (κ2) is 28.9. The van der Waals surface area contributed by atoms with E-state index in [-0.39, 0.29) is 0 Å². The first-order valence-electron chi connectivity index (χ1n) is 40.6. The molecule has 10 heteroatoms. The summed E-state index contributed by atoms with van der Waals surface area (Å²) in [6.07, 6.45) is 0. The van der Waals surface area contributed by atoms with E-state index in [9.17, 15) is 0 Å². The van der Waals surface area contributed by atoms with Crippen molar-refractivity contribution in [2.75, 3.05) is 0 Å². The third-order valence-corrected chi connectivity index (χ3v) is 23.5. The SMILES string of the molecule is c1ccc(-c2nc(-c3ccc(-n4c5ccccc5c5cc(-c6ccc7c(c6)c6ccccc6n7-c6ccccc6)ccc54)cc3)nc(-c3ccc4ccccc4c3)n2)cc1.c1ccc(-c2nc(-c3ccccc3)nc(-c3ccc(-n4c5ccccc5c5cc(-c6ccc7c(c6)c6ccccc6n7-c6cccc7ccccc67)ccc54)cc3)n2)cc1. The number of para-hydroxylation sites is 5. The summed E-state index contributed by atoms with van der Waals surface area (Å²) in [6, 6.07) is 151. The Morgan fingerprint density at radius 1 is 0.133 bits per heavy atom. The summed E-state index contributed by atoms with van der Waals surface area (Å²) in [5, 5.41) is 14.6. The van der Waals surface area contributed by atoms with E-state index in [4.69, 9.17) is 29.9 Å². The third-order valence-electron chi connectivity index (χ3n) is 23.5. The molecule has 0 bridgehead atoms. The van der Waals surface area contributed by atoms with Crippen molar-refractivity contribution in [2.45, 2.75) is 0 Å². The van der Waals surface area contributed by atoms with Gasteiger partial charge in [-0.25, -0.2) is 29.9 Å². The Morgan fingerprint density at radius 2 is 0.392 bits per heavy atom. The van der Waals surface area contributed by atoms with Crippen molar-refractivity contribution in [3.8, 4) is 113 Å². The zero-order chi connectivity index (χ0) is 79.1. The number of fused-ring (bicyclic) bond motifs is 14. The van der Waals surface area contributed by atoms with E-state index in [1.54, 1.807) is 0 Å². The van der Waals surface area contributed by atoms with E-state index in [1.807, 2.05) is 91.0 Å². The van der Waals surface area contributed by atoms with Crippen LogP contribution in [0.1, 0.15) is 0 Å². The van der Waals surface area contributed by atoms with E-state index in [1.165, 1.54) is 109 Å². The van der Waals surface area contributed by atoms with Gasteiger partial charge in [-0.2, -0.15) is 0 Å². The van der Waals surface area contributed by atoms with Crippen LogP contribution in [-0.4, -0.2) is 48.2 Å². The second-order valence-electron chi connectivity index (χ2n) is 30.5. The summed E-state index contributed by atoms with van der Waals surface area (Å²) in [4.78, 5) is 29.9. The van der Waals surface area contributed by atoms with Crippen LogP contribution in [0.5, 0.6) is 0 Å². The molecule has 0 aliphatic heterocycles. The Hall–Kier alpha value is -16.3. The van der Waals surface area contributed by atoms with Gasteiger partial charge in [0.15, 0.2) is 34.9 Å². The first-order chi connectivity index (χ1) is 59.5. The van der Waals surface area contributed by atoms with Crippen LogP contribution in [0.3, 0.4) is 0 Å². The molecule has 24 rings (SSSR count). The molecule has 0 aliphatic carbocycles. The molecule has 0 fully saturated rings. The molecule has 0 saturated carbocycles. The van der Waals surface area contributed by atoms with Crippen LogP contribution >= 0.6 is 0 Å². The lowest BCUT2D eigenvalue weighted by Crippen LogP contribution is -2.00. The first-order valence-corrected chi connectivity index (χ1v) is 40.6. The third kappa shape index (κ3) is 12.0. The van der Waals surface area contributed by atoms with Gasteiger partial charge in [-0.05, 0) is 184 Å². The van der Waals surface area contributed by atoms with Crippen LogP contribution < -0.4 is 0 Å². The van der Waals surface area contributed by atoms with Gasteiger partial charge >= 0.3 is 0 Å². The predicted molar refractivity (Wildman–Crippen MR) is 496 cm³/mol. The number of benzene rings is 18. The molecule has 0 spiro atoms. The summed E-state index contributed by atoms with van der Waals surface area (Å²) >= 11 is 0. The highest BCUT2D eigenvalue weighted by molar-refractivity contribution is 6.15. The van der Waals surface area contributed by atoms with E-state index in [0.717, 1.165) is 77.9 Å². The zero-order valence-corrected chi connectivity index (χ0v) is 64.9. The summed E-state index contributed by atoms with van der Waals surface area (Å²) in [6.45, 7) is 0. The van der Waals surface area contributed by atoms with Gasteiger partial charge in [-0.3, -0.25) is 0 Å². The molecule has 0 saturated heterocycles. The van der Waals surface area contributed by atoms with Gasteiger partial charge in [0, 0.05) is 98.9 Å². The molecule has 560 valence electrons. The minimum atomic E-state index is 0.634. The van der Waals surface area contributed by atoms with Crippen LogP contribution in [0.4, 0.5) is 0 Å². The Balaban J connectivity index is 0.000000140.